The van der Waals surface area contributed by atoms with E-state index in [4.69, 9.17) is 0 Å². The van der Waals surface area contributed by atoms with Gasteiger partial charge in [-0.25, -0.2) is 0 Å². The molecule has 2 fully saturated rings. The quantitative estimate of drug-likeness (QED) is 0.786. The van der Waals surface area contributed by atoms with Gasteiger partial charge in [0.1, 0.15) is 0 Å². The van der Waals surface area contributed by atoms with E-state index in [2.05, 4.69) is 31.0 Å². The third-order valence-corrected chi connectivity index (χ3v) is 4.99. The third kappa shape index (κ3) is 4.19. The molecule has 0 heterocycles. The molecule has 19 heavy (non-hydrogen) atoms. The highest BCUT2D eigenvalue weighted by Crippen LogP contribution is 2.31. The first-order valence-corrected chi connectivity index (χ1v) is 8.71. The molecule has 0 aromatic heterocycles. The minimum absolute atomic E-state index is 0.748. The Bertz CT molecular complexity index is 244. The van der Waals surface area contributed by atoms with Crippen molar-refractivity contribution in [2.45, 2.75) is 90.3 Å². The van der Waals surface area contributed by atoms with E-state index >= 15 is 0 Å². The van der Waals surface area contributed by atoms with Crippen molar-refractivity contribution in [3.8, 4) is 0 Å². The molecule has 0 saturated heterocycles. The predicted molar refractivity (Wildman–Crippen MR) is 83.5 cm³/mol. The van der Waals surface area contributed by atoms with Crippen LogP contribution in [0.4, 0.5) is 0 Å². The first kappa shape index (κ1) is 15.3. The van der Waals surface area contributed by atoms with Gasteiger partial charge in [0.25, 0.3) is 0 Å². The minimum Gasteiger partial charge on any atom is -0.313 e. The second-order valence-corrected chi connectivity index (χ2v) is 7.04. The highest BCUT2D eigenvalue weighted by Gasteiger charge is 2.34. The maximum absolute atomic E-state index is 3.77. The Hall–Kier alpha value is -0.0800. The Kier molecular flexibility index (Phi) is 6.15. The van der Waals surface area contributed by atoms with Crippen LogP contribution < -0.4 is 5.32 Å². The lowest BCUT2D eigenvalue weighted by molar-refractivity contribution is 0.0688. The summed E-state index contributed by atoms with van der Waals surface area (Å²) in [5.41, 5.74) is 0. The molecule has 2 heteroatoms. The van der Waals surface area contributed by atoms with Crippen LogP contribution in [-0.2, 0) is 0 Å². The fraction of sp³-hybridized carbons (Fsp3) is 1.00. The van der Waals surface area contributed by atoms with Gasteiger partial charge in [0.15, 0.2) is 0 Å². The van der Waals surface area contributed by atoms with E-state index in [0.717, 1.165) is 30.6 Å². The summed E-state index contributed by atoms with van der Waals surface area (Å²) in [5.74, 6) is 0.796. The van der Waals surface area contributed by atoms with Gasteiger partial charge < -0.3 is 5.32 Å². The molecule has 0 radical (unpaired) electrons. The Labute approximate surface area is 120 Å². The lowest BCUT2D eigenvalue weighted by Crippen LogP contribution is -2.55. The van der Waals surface area contributed by atoms with Gasteiger partial charge in [0.2, 0.25) is 0 Å². The zero-order chi connectivity index (χ0) is 13.7. The molecule has 2 saturated carbocycles. The molecule has 112 valence electrons. The van der Waals surface area contributed by atoms with Crippen LogP contribution in [0.5, 0.6) is 0 Å². The Balaban J connectivity index is 2.04. The average Bonchev–Trinajstić information content (AvgIpc) is 2.91. The number of hydrogen-bond donors (Lipinski definition) is 1. The van der Waals surface area contributed by atoms with E-state index < -0.39 is 0 Å². The third-order valence-electron chi connectivity index (χ3n) is 4.99. The maximum Gasteiger partial charge on any atom is 0.0252 e. The van der Waals surface area contributed by atoms with Gasteiger partial charge in [-0.2, -0.15) is 0 Å². The number of rotatable bonds is 6. The molecule has 2 aliphatic rings. The van der Waals surface area contributed by atoms with Gasteiger partial charge >= 0.3 is 0 Å². The number of likely N-dealkylation sites (N-methyl/N-ethyl adjacent to an activating group) is 1. The monoisotopic (exact) mass is 266 g/mol. The Morgan fingerprint density at radius 2 is 1.63 bits per heavy atom. The van der Waals surface area contributed by atoms with Crippen LogP contribution in [0.2, 0.25) is 0 Å². The number of nitrogens with one attached hydrogen (secondary N) is 1. The lowest BCUT2D eigenvalue weighted by atomic mass is 9.87. The predicted octanol–water partition coefficient (Wildman–Crippen LogP) is 3.81. The highest BCUT2D eigenvalue weighted by molar-refractivity contribution is 4.92. The maximum atomic E-state index is 3.77. The summed E-state index contributed by atoms with van der Waals surface area (Å²) in [6.07, 6.45) is 11.5. The summed E-state index contributed by atoms with van der Waals surface area (Å²) in [7, 11) is 0. The van der Waals surface area contributed by atoms with Gasteiger partial charge in [-0.15, -0.1) is 0 Å². The zero-order valence-electron chi connectivity index (χ0n) is 13.3. The minimum atomic E-state index is 0.748. The molecular formula is C17H34N2. The molecule has 2 rings (SSSR count). The smallest absolute Gasteiger partial charge is 0.0252 e. The van der Waals surface area contributed by atoms with Crippen LogP contribution in [0.25, 0.3) is 0 Å². The number of nitrogens with zero attached hydrogens (tertiary/aromatic N) is 1. The zero-order valence-corrected chi connectivity index (χ0v) is 13.3. The Morgan fingerprint density at radius 3 is 2.26 bits per heavy atom. The first-order chi connectivity index (χ1) is 9.22. The van der Waals surface area contributed by atoms with Crippen LogP contribution in [0, 0.1) is 5.92 Å². The van der Waals surface area contributed by atoms with E-state index in [-0.39, 0.29) is 0 Å². The molecule has 1 N–H and O–H groups in total. The largest absolute Gasteiger partial charge is 0.313 e. The van der Waals surface area contributed by atoms with Crippen molar-refractivity contribution < 1.29 is 0 Å². The van der Waals surface area contributed by atoms with Gasteiger partial charge in [-0.05, 0) is 38.1 Å². The fourth-order valence-electron chi connectivity index (χ4n) is 4.22. The van der Waals surface area contributed by atoms with E-state index in [1.54, 1.807) is 0 Å². The highest BCUT2D eigenvalue weighted by atomic mass is 15.2. The van der Waals surface area contributed by atoms with E-state index in [1.807, 2.05) is 0 Å². The van der Waals surface area contributed by atoms with Gasteiger partial charge in [-0.3, -0.25) is 4.90 Å². The van der Waals surface area contributed by atoms with Crippen molar-refractivity contribution in [3.05, 3.63) is 0 Å². The second kappa shape index (κ2) is 7.64. The molecular weight excluding hydrogens is 232 g/mol. The topological polar surface area (TPSA) is 15.3 Å². The van der Waals surface area contributed by atoms with Crippen LogP contribution in [0.15, 0.2) is 0 Å². The summed E-state index contributed by atoms with van der Waals surface area (Å²) >= 11 is 0. The van der Waals surface area contributed by atoms with Crippen LogP contribution in [0.1, 0.15) is 72.1 Å². The first-order valence-electron chi connectivity index (χ1n) is 8.71. The molecule has 2 atom stereocenters. The fourth-order valence-corrected chi connectivity index (χ4v) is 4.22. The normalized spacial score (nSPS) is 29.5. The summed E-state index contributed by atoms with van der Waals surface area (Å²) in [6, 6.07) is 2.43. The average molecular weight is 266 g/mol. The molecule has 2 aliphatic carbocycles. The van der Waals surface area contributed by atoms with Gasteiger partial charge in [0, 0.05) is 24.7 Å². The van der Waals surface area contributed by atoms with Crippen molar-refractivity contribution in [2.75, 3.05) is 13.1 Å². The molecule has 0 aromatic carbocycles. The van der Waals surface area contributed by atoms with E-state index in [1.165, 1.54) is 57.9 Å². The summed E-state index contributed by atoms with van der Waals surface area (Å²) in [5, 5.41) is 3.77. The molecule has 0 spiro atoms. The Morgan fingerprint density at radius 1 is 1.00 bits per heavy atom. The van der Waals surface area contributed by atoms with E-state index in [0.29, 0.717) is 0 Å². The van der Waals surface area contributed by atoms with Crippen molar-refractivity contribution in [1.29, 1.82) is 0 Å². The van der Waals surface area contributed by atoms with Crippen molar-refractivity contribution in [3.63, 3.8) is 0 Å². The standard InChI is InChI=1S/C17H34N2/c1-4-18-16-11-7-8-12-17(16)19(13-14(2)3)15-9-5-6-10-15/h14-18H,4-13H2,1-3H3. The molecule has 0 amide bonds. The van der Waals surface area contributed by atoms with Gasteiger partial charge in [0.05, 0.1) is 0 Å². The van der Waals surface area contributed by atoms with Gasteiger partial charge in [-0.1, -0.05) is 46.5 Å². The number of hydrogen-bond acceptors (Lipinski definition) is 2. The van der Waals surface area contributed by atoms with Crippen molar-refractivity contribution >= 4 is 0 Å². The molecule has 0 aliphatic heterocycles. The summed E-state index contributed by atoms with van der Waals surface area (Å²) < 4.78 is 0. The van der Waals surface area contributed by atoms with E-state index in [9.17, 15) is 0 Å². The summed E-state index contributed by atoms with van der Waals surface area (Å²) in [6.45, 7) is 9.45. The second-order valence-electron chi connectivity index (χ2n) is 7.04. The lowest BCUT2D eigenvalue weighted by Gasteiger charge is -2.44. The van der Waals surface area contributed by atoms with Crippen molar-refractivity contribution in [1.82, 2.24) is 10.2 Å². The SMILES string of the molecule is CCNC1CCCCC1N(CC(C)C)C1CCCC1. The molecule has 0 bridgehead atoms. The van der Waals surface area contributed by atoms with Crippen LogP contribution >= 0.6 is 0 Å². The summed E-state index contributed by atoms with van der Waals surface area (Å²) in [4.78, 5) is 2.91. The van der Waals surface area contributed by atoms with Crippen molar-refractivity contribution in [2.24, 2.45) is 5.92 Å². The molecule has 0 aromatic rings. The molecule has 2 unspecified atom stereocenters. The van der Waals surface area contributed by atoms with Crippen LogP contribution in [0.3, 0.4) is 0 Å². The van der Waals surface area contributed by atoms with Crippen LogP contribution in [-0.4, -0.2) is 36.1 Å². The molecule has 2 nitrogen and oxygen atoms in total.